The Labute approximate surface area is 119 Å². The molecule has 5 nitrogen and oxygen atoms in total. The minimum atomic E-state index is -0.457. The second kappa shape index (κ2) is 8.32. The normalized spacial score (nSPS) is 12.0. The van der Waals surface area contributed by atoms with Crippen molar-refractivity contribution in [2.45, 2.75) is 26.3 Å². The van der Waals surface area contributed by atoms with Gasteiger partial charge in [-0.2, -0.15) is 0 Å². The van der Waals surface area contributed by atoms with Crippen LogP contribution < -0.4 is 10.6 Å². The molecular formula is C15H22N2O3. The first-order valence-corrected chi connectivity index (χ1v) is 6.69. The van der Waals surface area contributed by atoms with Gasteiger partial charge in [-0.05, 0) is 24.5 Å². The fourth-order valence-corrected chi connectivity index (χ4v) is 1.82. The second-order valence-electron chi connectivity index (χ2n) is 5.00. The van der Waals surface area contributed by atoms with Crippen molar-refractivity contribution in [3.63, 3.8) is 0 Å². The highest BCUT2D eigenvalue weighted by Gasteiger charge is 2.20. The van der Waals surface area contributed by atoms with Crippen LogP contribution >= 0.6 is 0 Å². The Kier molecular flexibility index (Phi) is 6.73. The summed E-state index contributed by atoms with van der Waals surface area (Å²) >= 11 is 0. The Bertz CT molecular complexity index is 432. The van der Waals surface area contributed by atoms with Crippen molar-refractivity contribution in [1.82, 2.24) is 5.32 Å². The summed E-state index contributed by atoms with van der Waals surface area (Å²) in [6, 6.07) is 8.73. The lowest BCUT2D eigenvalue weighted by Crippen LogP contribution is -2.42. The number of rotatable bonds is 7. The summed E-state index contributed by atoms with van der Waals surface area (Å²) in [5.74, 6) is -0.191. The van der Waals surface area contributed by atoms with E-state index in [1.54, 1.807) is 0 Å². The maximum Gasteiger partial charge on any atom is 0.322 e. The average Bonchev–Trinajstić information content (AvgIpc) is 2.43. The van der Waals surface area contributed by atoms with Crippen LogP contribution in [0.25, 0.3) is 0 Å². The van der Waals surface area contributed by atoms with E-state index in [2.05, 4.69) is 10.6 Å². The largest absolute Gasteiger partial charge is 0.468 e. The van der Waals surface area contributed by atoms with Crippen molar-refractivity contribution in [2.24, 2.45) is 5.92 Å². The average molecular weight is 278 g/mol. The molecule has 1 aromatic carbocycles. The van der Waals surface area contributed by atoms with Crippen LogP contribution in [0, 0.1) is 5.92 Å². The number of hydrogen-bond acceptors (Lipinski definition) is 4. The van der Waals surface area contributed by atoms with E-state index < -0.39 is 6.04 Å². The van der Waals surface area contributed by atoms with Gasteiger partial charge in [-0.1, -0.05) is 32.0 Å². The molecule has 0 fully saturated rings. The smallest absolute Gasteiger partial charge is 0.322 e. The van der Waals surface area contributed by atoms with Gasteiger partial charge in [0.15, 0.2) is 0 Å². The number of benzene rings is 1. The van der Waals surface area contributed by atoms with Gasteiger partial charge in [0.25, 0.3) is 0 Å². The Hall–Kier alpha value is -1.88. The molecule has 20 heavy (non-hydrogen) atoms. The van der Waals surface area contributed by atoms with Gasteiger partial charge in [-0.3, -0.25) is 14.9 Å². The van der Waals surface area contributed by atoms with E-state index in [0.717, 1.165) is 5.69 Å². The summed E-state index contributed by atoms with van der Waals surface area (Å²) in [6.07, 6.45) is 0.630. The van der Waals surface area contributed by atoms with E-state index >= 15 is 0 Å². The van der Waals surface area contributed by atoms with Crippen LogP contribution in [-0.4, -0.2) is 31.6 Å². The number of esters is 1. The molecule has 0 bridgehead atoms. The number of carbonyl (C=O) groups excluding carboxylic acids is 2. The zero-order valence-corrected chi connectivity index (χ0v) is 12.2. The minimum Gasteiger partial charge on any atom is -0.468 e. The Morgan fingerprint density at radius 3 is 2.40 bits per heavy atom. The van der Waals surface area contributed by atoms with Gasteiger partial charge in [-0.25, -0.2) is 0 Å². The quantitative estimate of drug-likeness (QED) is 0.746. The van der Waals surface area contributed by atoms with Crippen molar-refractivity contribution in [2.75, 3.05) is 19.0 Å². The van der Waals surface area contributed by atoms with Gasteiger partial charge >= 0.3 is 5.97 Å². The summed E-state index contributed by atoms with van der Waals surface area (Å²) in [7, 11) is 1.35. The van der Waals surface area contributed by atoms with E-state index in [1.165, 1.54) is 7.11 Å². The third kappa shape index (κ3) is 5.84. The Morgan fingerprint density at radius 2 is 1.85 bits per heavy atom. The van der Waals surface area contributed by atoms with Gasteiger partial charge < -0.3 is 10.1 Å². The molecule has 1 atom stereocenters. The predicted octanol–water partition coefficient (Wildman–Crippen LogP) is 1.80. The summed E-state index contributed by atoms with van der Waals surface area (Å²) in [6.45, 7) is 4.10. The highest BCUT2D eigenvalue weighted by atomic mass is 16.5. The third-order valence-electron chi connectivity index (χ3n) is 2.76. The van der Waals surface area contributed by atoms with Crippen molar-refractivity contribution in [3.8, 4) is 0 Å². The van der Waals surface area contributed by atoms with Crippen LogP contribution in [0.2, 0.25) is 0 Å². The van der Waals surface area contributed by atoms with Crippen molar-refractivity contribution in [1.29, 1.82) is 0 Å². The number of carbonyl (C=O) groups is 2. The number of anilines is 1. The first-order chi connectivity index (χ1) is 9.52. The van der Waals surface area contributed by atoms with Gasteiger partial charge in [0.1, 0.15) is 6.04 Å². The molecule has 0 aromatic heterocycles. The number of amides is 1. The van der Waals surface area contributed by atoms with Crippen LogP contribution in [0.3, 0.4) is 0 Å². The molecule has 0 radical (unpaired) electrons. The molecule has 0 aliphatic carbocycles. The Balaban J connectivity index is 2.46. The van der Waals surface area contributed by atoms with Crippen LogP contribution in [0.4, 0.5) is 5.69 Å². The maximum atomic E-state index is 11.8. The number of methoxy groups -OCH3 is 1. The van der Waals surface area contributed by atoms with Crippen LogP contribution in [0.15, 0.2) is 30.3 Å². The molecule has 0 spiro atoms. The highest BCUT2D eigenvalue weighted by molar-refractivity contribution is 5.92. The fourth-order valence-electron chi connectivity index (χ4n) is 1.82. The molecule has 2 N–H and O–H groups in total. The molecule has 0 aliphatic rings. The van der Waals surface area contributed by atoms with Crippen molar-refractivity contribution in [3.05, 3.63) is 30.3 Å². The maximum absolute atomic E-state index is 11.8. The van der Waals surface area contributed by atoms with Crippen LogP contribution in [0.1, 0.15) is 20.3 Å². The molecule has 110 valence electrons. The van der Waals surface area contributed by atoms with Gasteiger partial charge in [0, 0.05) is 5.69 Å². The lowest BCUT2D eigenvalue weighted by Gasteiger charge is -2.18. The van der Waals surface area contributed by atoms with Gasteiger partial charge in [-0.15, -0.1) is 0 Å². The zero-order chi connectivity index (χ0) is 15.0. The lowest BCUT2D eigenvalue weighted by molar-refractivity contribution is -0.143. The summed E-state index contributed by atoms with van der Waals surface area (Å²) in [4.78, 5) is 23.4. The van der Waals surface area contributed by atoms with Crippen LogP contribution in [-0.2, 0) is 14.3 Å². The molecule has 1 aromatic rings. The Morgan fingerprint density at radius 1 is 1.20 bits per heavy atom. The van der Waals surface area contributed by atoms with E-state index in [9.17, 15) is 9.59 Å². The van der Waals surface area contributed by atoms with Gasteiger partial charge in [0.2, 0.25) is 5.91 Å². The summed E-state index contributed by atoms with van der Waals surface area (Å²) in [5, 5.41) is 5.69. The summed E-state index contributed by atoms with van der Waals surface area (Å²) in [5.41, 5.74) is 0.734. The standard InChI is InChI=1S/C15H22N2O3/c1-11(2)9-13(15(19)20-3)16-10-14(18)17-12-7-5-4-6-8-12/h4-8,11,13,16H,9-10H2,1-3H3,(H,17,18). The van der Waals surface area contributed by atoms with E-state index in [0.29, 0.717) is 12.3 Å². The van der Waals surface area contributed by atoms with E-state index in [-0.39, 0.29) is 18.4 Å². The fraction of sp³-hybridized carbons (Fsp3) is 0.467. The molecule has 1 rings (SSSR count). The topological polar surface area (TPSA) is 67.4 Å². The first kappa shape index (κ1) is 16.2. The summed E-state index contributed by atoms with van der Waals surface area (Å²) < 4.78 is 4.73. The molecule has 0 saturated carbocycles. The number of hydrogen-bond donors (Lipinski definition) is 2. The molecular weight excluding hydrogens is 256 g/mol. The molecule has 1 amide bonds. The van der Waals surface area contributed by atoms with E-state index in [4.69, 9.17) is 4.74 Å². The van der Waals surface area contributed by atoms with E-state index in [1.807, 2.05) is 44.2 Å². The number of nitrogens with one attached hydrogen (secondary N) is 2. The molecule has 1 unspecified atom stereocenters. The minimum absolute atomic E-state index is 0.0708. The predicted molar refractivity (Wildman–Crippen MR) is 78.3 cm³/mol. The molecule has 0 heterocycles. The van der Waals surface area contributed by atoms with Gasteiger partial charge in [0.05, 0.1) is 13.7 Å². The SMILES string of the molecule is COC(=O)C(CC(C)C)NCC(=O)Nc1ccccc1. The highest BCUT2D eigenvalue weighted by Crippen LogP contribution is 2.07. The monoisotopic (exact) mass is 278 g/mol. The number of para-hydroxylation sites is 1. The lowest BCUT2D eigenvalue weighted by atomic mass is 10.0. The van der Waals surface area contributed by atoms with Crippen molar-refractivity contribution >= 4 is 17.6 Å². The van der Waals surface area contributed by atoms with Crippen LogP contribution in [0.5, 0.6) is 0 Å². The third-order valence-corrected chi connectivity index (χ3v) is 2.76. The molecule has 0 saturated heterocycles. The first-order valence-electron chi connectivity index (χ1n) is 6.69. The second-order valence-corrected chi connectivity index (χ2v) is 5.00. The molecule has 5 heteroatoms. The van der Waals surface area contributed by atoms with Crippen molar-refractivity contribution < 1.29 is 14.3 Å². The zero-order valence-electron chi connectivity index (χ0n) is 12.2. The molecule has 0 aliphatic heterocycles. The number of ether oxygens (including phenoxy) is 1.